The van der Waals surface area contributed by atoms with Crippen LogP contribution in [0.3, 0.4) is 0 Å². The van der Waals surface area contributed by atoms with Crippen LogP contribution in [0.25, 0.3) is 10.8 Å². The van der Waals surface area contributed by atoms with Gasteiger partial charge in [-0.1, -0.05) is 42.5 Å². The number of nitrogens with zero attached hydrogens (tertiary/aromatic N) is 1. The topological polar surface area (TPSA) is 75.7 Å². The highest BCUT2D eigenvalue weighted by Crippen LogP contribution is 2.35. The Morgan fingerprint density at radius 3 is 2.62 bits per heavy atom. The summed E-state index contributed by atoms with van der Waals surface area (Å²) in [6.07, 6.45) is 0.217. The van der Waals surface area contributed by atoms with Crippen LogP contribution in [0.4, 0.5) is 5.69 Å². The Hall–Kier alpha value is -3.06. The number of hydrogen-bond donors (Lipinski definition) is 1. The summed E-state index contributed by atoms with van der Waals surface area (Å²) < 4.78 is 31.6. The number of hydrogen-bond acceptors (Lipinski definition) is 4. The zero-order valence-electron chi connectivity index (χ0n) is 16.3. The number of fused-ring (bicyclic) bond motifs is 2. The molecule has 1 atom stereocenters. The molecule has 6 nitrogen and oxygen atoms in total. The molecule has 0 aromatic heterocycles. The molecule has 150 valence electrons. The average Bonchev–Trinajstić information content (AvgIpc) is 2.70. The summed E-state index contributed by atoms with van der Waals surface area (Å²) in [4.78, 5) is 12.7. The van der Waals surface area contributed by atoms with Crippen LogP contribution in [-0.2, 0) is 21.4 Å². The molecule has 0 radical (unpaired) electrons. The van der Waals surface area contributed by atoms with Gasteiger partial charge in [0.15, 0.2) is 6.10 Å². The Balaban J connectivity index is 1.51. The zero-order valence-corrected chi connectivity index (χ0v) is 17.1. The smallest absolute Gasteiger partial charge is 0.263 e. The average molecular weight is 410 g/mol. The molecule has 4 rings (SSSR count). The number of benzene rings is 3. The maximum Gasteiger partial charge on any atom is 0.263 e. The minimum atomic E-state index is -3.54. The molecule has 0 saturated carbocycles. The summed E-state index contributed by atoms with van der Waals surface area (Å²) in [6, 6.07) is 19.3. The second-order valence-electron chi connectivity index (χ2n) is 7.27. The van der Waals surface area contributed by atoms with Crippen LogP contribution in [0.1, 0.15) is 11.1 Å². The van der Waals surface area contributed by atoms with Gasteiger partial charge >= 0.3 is 0 Å². The summed E-state index contributed by atoms with van der Waals surface area (Å²) >= 11 is 0. The minimum absolute atomic E-state index is 0.0567. The van der Waals surface area contributed by atoms with E-state index in [2.05, 4.69) is 5.32 Å². The SMILES string of the molecule is Cc1ccc2c(c1)N(S(C)(=O)=O)C[C@@H](C(=O)NCc1ccc3ccccc3c1)O2. The molecule has 0 saturated heterocycles. The molecule has 1 aliphatic heterocycles. The Bertz CT molecular complexity index is 1190. The van der Waals surface area contributed by atoms with Gasteiger partial charge in [-0.2, -0.15) is 0 Å². The predicted molar refractivity (Wildman–Crippen MR) is 114 cm³/mol. The van der Waals surface area contributed by atoms with Crippen molar-refractivity contribution in [3.8, 4) is 5.75 Å². The van der Waals surface area contributed by atoms with E-state index in [1.807, 2.05) is 55.5 Å². The fraction of sp³-hybridized carbons (Fsp3) is 0.227. The first-order chi connectivity index (χ1) is 13.8. The molecule has 0 spiro atoms. The Morgan fingerprint density at radius 2 is 1.86 bits per heavy atom. The van der Waals surface area contributed by atoms with Crippen molar-refractivity contribution in [1.82, 2.24) is 5.32 Å². The lowest BCUT2D eigenvalue weighted by atomic mass is 10.1. The van der Waals surface area contributed by atoms with Crippen molar-refractivity contribution >= 4 is 32.4 Å². The molecule has 1 N–H and O–H groups in total. The van der Waals surface area contributed by atoms with Gasteiger partial charge in [-0.25, -0.2) is 8.42 Å². The van der Waals surface area contributed by atoms with E-state index in [-0.39, 0.29) is 12.5 Å². The van der Waals surface area contributed by atoms with Gasteiger partial charge in [0.05, 0.1) is 18.5 Å². The van der Waals surface area contributed by atoms with Gasteiger partial charge in [-0.3, -0.25) is 9.10 Å². The maximum atomic E-state index is 12.7. The van der Waals surface area contributed by atoms with Crippen molar-refractivity contribution in [2.45, 2.75) is 19.6 Å². The van der Waals surface area contributed by atoms with E-state index in [1.165, 1.54) is 4.31 Å². The van der Waals surface area contributed by atoms with E-state index in [0.717, 1.165) is 28.2 Å². The molecular weight excluding hydrogens is 388 g/mol. The second-order valence-corrected chi connectivity index (χ2v) is 9.18. The van der Waals surface area contributed by atoms with Crippen molar-refractivity contribution in [1.29, 1.82) is 0 Å². The zero-order chi connectivity index (χ0) is 20.6. The first kappa shape index (κ1) is 19.3. The number of carbonyl (C=O) groups is 1. The molecule has 0 unspecified atom stereocenters. The molecule has 29 heavy (non-hydrogen) atoms. The number of amides is 1. The summed E-state index contributed by atoms with van der Waals surface area (Å²) in [5.41, 5.74) is 2.34. The van der Waals surface area contributed by atoms with Gasteiger partial charge in [0.1, 0.15) is 5.75 Å². The van der Waals surface area contributed by atoms with Gasteiger partial charge in [0.2, 0.25) is 10.0 Å². The van der Waals surface area contributed by atoms with E-state index < -0.39 is 16.1 Å². The summed E-state index contributed by atoms with van der Waals surface area (Å²) in [5.74, 6) is 0.0381. The monoisotopic (exact) mass is 410 g/mol. The van der Waals surface area contributed by atoms with Crippen LogP contribution in [0.5, 0.6) is 5.75 Å². The molecule has 0 fully saturated rings. The summed E-state index contributed by atoms with van der Waals surface area (Å²) in [5, 5.41) is 5.09. The Morgan fingerprint density at radius 1 is 1.10 bits per heavy atom. The first-order valence-electron chi connectivity index (χ1n) is 9.32. The number of anilines is 1. The highest BCUT2D eigenvalue weighted by atomic mass is 32.2. The first-order valence-corrected chi connectivity index (χ1v) is 11.2. The Labute approximate surface area is 170 Å². The number of ether oxygens (including phenoxy) is 1. The van der Waals surface area contributed by atoms with Crippen molar-refractivity contribution in [3.05, 3.63) is 71.8 Å². The number of nitrogens with one attached hydrogen (secondary N) is 1. The van der Waals surface area contributed by atoms with E-state index in [1.54, 1.807) is 12.1 Å². The summed E-state index contributed by atoms with van der Waals surface area (Å²) in [6.45, 7) is 2.16. The third kappa shape index (κ3) is 4.05. The summed E-state index contributed by atoms with van der Waals surface area (Å²) in [7, 11) is -3.54. The molecule has 7 heteroatoms. The predicted octanol–water partition coefficient (Wildman–Crippen LogP) is 2.99. The molecular formula is C22H22N2O4S. The second kappa shape index (κ2) is 7.40. The van der Waals surface area contributed by atoms with Crippen molar-refractivity contribution in [2.24, 2.45) is 0 Å². The lowest BCUT2D eigenvalue weighted by molar-refractivity contribution is -0.127. The molecule has 1 amide bonds. The van der Waals surface area contributed by atoms with E-state index in [4.69, 9.17) is 4.74 Å². The van der Waals surface area contributed by atoms with Gasteiger partial charge in [-0.05, 0) is 47.0 Å². The van der Waals surface area contributed by atoms with Gasteiger partial charge in [0.25, 0.3) is 5.91 Å². The molecule has 1 aliphatic rings. The van der Waals surface area contributed by atoms with Crippen LogP contribution in [0.2, 0.25) is 0 Å². The van der Waals surface area contributed by atoms with Crippen molar-refractivity contribution < 1.29 is 17.9 Å². The molecule has 3 aromatic rings. The molecule has 0 bridgehead atoms. The van der Waals surface area contributed by atoms with Gasteiger partial charge in [-0.15, -0.1) is 0 Å². The van der Waals surface area contributed by atoms with Crippen LogP contribution in [0.15, 0.2) is 60.7 Å². The van der Waals surface area contributed by atoms with Crippen LogP contribution in [0, 0.1) is 6.92 Å². The number of sulfonamides is 1. The van der Waals surface area contributed by atoms with E-state index in [9.17, 15) is 13.2 Å². The van der Waals surface area contributed by atoms with Crippen LogP contribution in [-0.4, -0.2) is 33.2 Å². The lowest BCUT2D eigenvalue weighted by Gasteiger charge is -2.34. The van der Waals surface area contributed by atoms with Gasteiger partial charge < -0.3 is 10.1 Å². The van der Waals surface area contributed by atoms with E-state index >= 15 is 0 Å². The molecule has 0 aliphatic carbocycles. The van der Waals surface area contributed by atoms with E-state index in [0.29, 0.717) is 18.0 Å². The highest BCUT2D eigenvalue weighted by molar-refractivity contribution is 7.92. The molecule has 1 heterocycles. The fourth-order valence-corrected chi connectivity index (χ4v) is 4.37. The maximum absolute atomic E-state index is 12.7. The fourth-order valence-electron chi connectivity index (χ4n) is 3.46. The minimum Gasteiger partial charge on any atom is -0.476 e. The number of aryl methyl sites for hydroxylation is 1. The normalized spacial score (nSPS) is 16.2. The standard InChI is InChI=1S/C22H22N2O4S/c1-15-7-10-20-19(11-15)24(29(2,26)27)14-21(28-20)22(25)23-13-16-8-9-17-5-3-4-6-18(17)12-16/h3-12,21H,13-14H2,1-2H3,(H,23,25)/t21-/m0/s1. The highest BCUT2D eigenvalue weighted by Gasteiger charge is 2.34. The Kier molecular flexibility index (Phi) is 4.92. The van der Waals surface area contributed by atoms with Crippen molar-refractivity contribution in [3.63, 3.8) is 0 Å². The van der Waals surface area contributed by atoms with Crippen molar-refractivity contribution in [2.75, 3.05) is 17.1 Å². The van der Waals surface area contributed by atoms with Gasteiger partial charge in [0, 0.05) is 6.54 Å². The lowest BCUT2D eigenvalue weighted by Crippen LogP contribution is -2.50. The third-order valence-corrected chi connectivity index (χ3v) is 6.10. The largest absolute Gasteiger partial charge is 0.476 e. The van der Waals surface area contributed by atoms with Crippen LogP contribution < -0.4 is 14.4 Å². The quantitative estimate of drug-likeness (QED) is 0.718. The third-order valence-electron chi connectivity index (χ3n) is 4.96. The molecule has 3 aromatic carbocycles. The van der Waals surface area contributed by atoms with Crippen LogP contribution >= 0.6 is 0 Å². The number of rotatable bonds is 4. The number of carbonyl (C=O) groups excluding carboxylic acids is 1.